The van der Waals surface area contributed by atoms with Gasteiger partial charge in [0.05, 0.1) is 18.6 Å². The number of para-hydroxylation sites is 1. The molecule has 0 aromatic heterocycles. The van der Waals surface area contributed by atoms with Crippen molar-refractivity contribution in [2.24, 2.45) is 11.0 Å². The number of fused-ring (bicyclic) bond motifs is 3. The van der Waals surface area contributed by atoms with Crippen molar-refractivity contribution in [2.75, 3.05) is 7.11 Å². The van der Waals surface area contributed by atoms with Crippen LogP contribution in [0.25, 0.3) is 0 Å². The largest absolute Gasteiger partial charge is 0.496 e. The van der Waals surface area contributed by atoms with E-state index >= 15 is 0 Å². The van der Waals surface area contributed by atoms with Gasteiger partial charge in [-0.15, -0.1) is 0 Å². The molecule has 2 aromatic rings. The smallest absolute Gasteiger partial charge is 0.231 e. The molecule has 3 unspecified atom stereocenters. The van der Waals surface area contributed by atoms with Crippen molar-refractivity contribution in [3.63, 3.8) is 0 Å². The normalized spacial score (nSPS) is 25.3. The summed E-state index contributed by atoms with van der Waals surface area (Å²) in [6, 6.07) is 14.3. The number of methoxy groups -OCH3 is 1. The van der Waals surface area contributed by atoms with Crippen LogP contribution < -0.4 is 10.2 Å². The van der Waals surface area contributed by atoms with Gasteiger partial charge in [0.2, 0.25) is 5.91 Å². The van der Waals surface area contributed by atoms with E-state index in [-0.39, 0.29) is 30.0 Å². The lowest BCUT2D eigenvalue weighted by molar-refractivity contribution is -0.156. The number of hydrogen-bond acceptors (Lipinski definition) is 5. The summed E-state index contributed by atoms with van der Waals surface area (Å²) in [5, 5.41) is 4.65. The highest BCUT2D eigenvalue weighted by Crippen LogP contribution is 2.39. The van der Waals surface area contributed by atoms with Crippen LogP contribution in [0.2, 0.25) is 0 Å². The van der Waals surface area contributed by atoms with Crippen molar-refractivity contribution in [1.82, 2.24) is 15.2 Å². The number of amidine groups is 1. The first kappa shape index (κ1) is 18.9. The van der Waals surface area contributed by atoms with E-state index in [1.807, 2.05) is 29.2 Å². The van der Waals surface area contributed by atoms with Gasteiger partial charge < -0.3 is 9.64 Å². The first-order valence-electron chi connectivity index (χ1n) is 10.5. The number of hydrogen-bond donors (Lipinski definition) is 1. The number of ether oxygens (including phenoxy) is 1. The molecule has 3 aliphatic rings. The van der Waals surface area contributed by atoms with Crippen LogP contribution >= 0.6 is 0 Å². The molecule has 1 amide bonds. The zero-order chi connectivity index (χ0) is 20.7. The summed E-state index contributed by atoms with van der Waals surface area (Å²) in [6.07, 6.45) is 3.65. The Balaban J connectivity index is 1.51. The molecule has 0 radical (unpaired) electrons. The predicted molar refractivity (Wildman–Crippen MR) is 111 cm³/mol. The average Bonchev–Trinajstić information content (AvgIpc) is 3.23. The van der Waals surface area contributed by atoms with E-state index in [1.165, 1.54) is 12.1 Å². The summed E-state index contributed by atoms with van der Waals surface area (Å²) in [7, 11) is 1.66. The van der Waals surface area contributed by atoms with E-state index in [1.54, 1.807) is 19.2 Å². The van der Waals surface area contributed by atoms with E-state index in [0.29, 0.717) is 6.54 Å². The lowest BCUT2D eigenvalue weighted by Crippen LogP contribution is -2.67. The van der Waals surface area contributed by atoms with Gasteiger partial charge in [0.1, 0.15) is 11.6 Å². The molecule has 6 nitrogen and oxygen atoms in total. The van der Waals surface area contributed by atoms with Crippen molar-refractivity contribution in [2.45, 2.75) is 44.6 Å². The van der Waals surface area contributed by atoms with Gasteiger partial charge in [-0.3, -0.25) is 15.1 Å². The molecular formula is C23H25FN4O2. The van der Waals surface area contributed by atoms with E-state index < -0.39 is 0 Å². The van der Waals surface area contributed by atoms with Gasteiger partial charge in [-0.25, -0.2) is 4.39 Å². The lowest BCUT2D eigenvalue weighted by Gasteiger charge is -2.50. The van der Waals surface area contributed by atoms with E-state index in [2.05, 4.69) is 15.4 Å². The SMILES string of the molecule is COc1ccccc1C1=NNC2N(Cc3ccc(F)cc3)C(=O)C3CCCCC3N12. The molecule has 1 N–H and O–H groups in total. The second-order valence-corrected chi connectivity index (χ2v) is 8.10. The minimum absolute atomic E-state index is 0.0599. The number of nitrogens with one attached hydrogen (secondary N) is 1. The Bertz CT molecular complexity index is 977. The number of amides is 1. The molecule has 1 saturated heterocycles. The highest BCUT2D eigenvalue weighted by molar-refractivity contribution is 6.03. The zero-order valence-electron chi connectivity index (χ0n) is 16.9. The van der Waals surface area contributed by atoms with Crippen molar-refractivity contribution < 1.29 is 13.9 Å². The fraction of sp³-hybridized carbons (Fsp3) is 0.391. The van der Waals surface area contributed by atoms with Crippen molar-refractivity contribution in [3.8, 4) is 5.75 Å². The molecule has 5 rings (SSSR count). The summed E-state index contributed by atoms with van der Waals surface area (Å²) >= 11 is 0. The van der Waals surface area contributed by atoms with E-state index in [9.17, 15) is 9.18 Å². The Morgan fingerprint density at radius 1 is 1.13 bits per heavy atom. The van der Waals surface area contributed by atoms with Gasteiger partial charge in [-0.2, -0.15) is 5.10 Å². The monoisotopic (exact) mass is 408 g/mol. The molecule has 1 aliphatic carbocycles. The number of carbonyl (C=O) groups is 1. The minimum atomic E-state index is -0.359. The Labute approximate surface area is 175 Å². The molecule has 2 aromatic carbocycles. The third kappa shape index (κ3) is 3.09. The Morgan fingerprint density at radius 3 is 2.70 bits per heavy atom. The van der Waals surface area contributed by atoms with Crippen molar-refractivity contribution >= 4 is 11.7 Å². The van der Waals surface area contributed by atoms with Gasteiger partial charge in [0, 0.05) is 12.6 Å². The van der Waals surface area contributed by atoms with Crippen LogP contribution in [0.1, 0.15) is 36.8 Å². The lowest BCUT2D eigenvalue weighted by atomic mass is 9.80. The first-order valence-corrected chi connectivity index (χ1v) is 10.5. The second kappa shape index (κ2) is 7.63. The van der Waals surface area contributed by atoms with Gasteiger partial charge >= 0.3 is 0 Å². The predicted octanol–water partition coefficient (Wildman–Crippen LogP) is 3.29. The number of halogens is 1. The summed E-state index contributed by atoms with van der Waals surface area (Å²) in [5.41, 5.74) is 5.00. The molecule has 2 heterocycles. The van der Waals surface area contributed by atoms with Crippen LogP contribution in [0.15, 0.2) is 53.6 Å². The molecule has 0 bridgehead atoms. The molecule has 2 fully saturated rings. The number of rotatable bonds is 4. The topological polar surface area (TPSA) is 57.2 Å². The summed E-state index contributed by atoms with van der Waals surface area (Å²) in [5.74, 6) is 1.38. The Morgan fingerprint density at radius 2 is 1.90 bits per heavy atom. The maximum Gasteiger partial charge on any atom is 0.231 e. The molecule has 2 aliphatic heterocycles. The van der Waals surface area contributed by atoms with E-state index in [4.69, 9.17) is 4.74 Å². The average molecular weight is 408 g/mol. The molecule has 0 spiro atoms. The first-order chi connectivity index (χ1) is 14.7. The summed E-state index contributed by atoms with van der Waals surface area (Å²) in [4.78, 5) is 17.5. The molecular weight excluding hydrogens is 383 g/mol. The molecule has 156 valence electrons. The van der Waals surface area contributed by atoms with Crippen LogP contribution in [0.5, 0.6) is 5.75 Å². The van der Waals surface area contributed by atoms with Crippen LogP contribution in [-0.4, -0.2) is 41.0 Å². The summed E-state index contributed by atoms with van der Waals surface area (Å²) in [6.45, 7) is 0.408. The van der Waals surface area contributed by atoms with Crippen molar-refractivity contribution in [1.29, 1.82) is 0 Å². The maximum absolute atomic E-state index is 13.4. The highest BCUT2D eigenvalue weighted by atomic mass is 19.1. The van der Waals surface area contributed by atoms with Crippen molar-refractivity contribution in [3.05, 3.63) is 65.5 Å². The molecule has 1 saturated carbocycles. The number of hydrazone groups is 1. The highest BCUT2D eigenvalue weighted by Gasteiger charge is 2.51. The maximum atomic E-state index is 13.4. The van der Waals surface area contributed by atoms with Crippen LogP contribution in [0.3, 0.4) is 0 Å². The fourth-order valence-electron chi connectivity index (χ4n) is 4.96. The van der Waals surface area contributed by atoms with Gasteiger partial charge in [-0.1, -0.05) is 37.1 Å². The number of benzene rings is 2. The van der Waals surface area contributed by atoms with Gasteiger partial charge in [0.15, 0.2) is 12.1 Å². The standard InChI is InChI=1S/C23H25FN4O2/c1-30-20-9-5-3-7-18(20)21-25-26-23-27(14-15-10-12-16(24)13-11-15)22(29)17-6-2-4-8-19(17)28(21)23/h3,5,7,9-13,17,19,23,26H,2,4,6,8,14H2,1H3. The number of carbonyl (C=O) groups excluding carboxylic acids is 1. The third-order valence-electron chi connectivity index (χ3n) is 6.39. The summed E-state index contributed by atoms with van der Waals surface area (Å²) < 4.78 is 18.9. The van der Waals surface area contributed by atoms with Gasteiger partial charge in [0.25, 0.3) is 0 Å². The van der Waals surface area contributed by atoms with Crippen LogP contribution in [0, 0.1) is 11.7 Å². The second-order valence-electron chi connectivity index (χ2n) is 8.10. The quantitative estimate of drug-likeness (QED) is 0.844. The van der Waals surface area contributed by atoms with Crippen LogP contribution in [-0.2, 0) is 11.3 Å². The number of nitrogens with zero attached hydrogens (tertiary/aromatic N) is 3. The molecule has 3 atom stereocenters. The van der Waals surface area contributed by atoms with E-state index in [0.717, 1.165) is 48.4 Å². The third-order valence-corrected chi connectivity index (χ3v) is 6.39. The Hall–Kier alpha value is -3.09. The van der Waals surface area contributed by atoms with Gasteiger partial charge in [-0.05, 0) is 42.7 Å². The Kier molecular flexibility index (Phi) is 4.81. The fourth-order valence-corrected chi connectivity index (χ4v) is 4.96. The molecule has 7 heteroatoms. The minimum Gasteiger partial charge on any atom is -0.496 e. The van der Waals surface area contributed by atoms with Crippen LogP contribution in [0.4, 0.5) is 4.39 Å². The molecule has 30 heavy (non-hydrogen) atoms. The zero-order valence-corrected chi connectivity index (χ0v) is 16.9.